The van der Waals surface area contributed by atoms with Crippen molar-refractivity contribution in [3.8, 4) is 0 Å². The van der Waals surface area contributed by atoms with Crippen molar-refractivity contribution in [2.45, 2.75) is 393 Å². The second-order valence-electron chi connectivity index (χ2n) is 26.4. The Morgan fingerprint density at radius 1 is 0.298 bits per heavy atom. The largest absolute Gasteiger partial charge is 0.472 e. The van der Waals surface area contributed by atoms with Gasteiger partial charge < -0.3 is 33.8 Å². The van der Waals surface area contributed by atoms with Gasteiger partial charge in [0.2, 0.25) is 0 Å². The summed E-state index contributed by atoms with van der Waals surface area (Å²) in [6.45, 7) is 4.90. The zero-order valence-electron chi connectivity index (χ0n) is 60.4. The van der Waals surface area contributed by atoms with Gasteiger partial charge in [-0.05, 0) is 51.4 Å². The lowest BCUT2D eigenvalue weighted by Gasteiger charge is -2.21. The van der Waals surface area contributed by atoms with Gasteiger partial charge in [0.15, 0.2) is 12.2 Å². The number of hydrogen-bond acceptors (Lipinski definition) is 15. The molecule has 0 amide bonds. The van der Waals surface area contributed by atoms with Gasteiger partial charge in [-0.1, -0.05) is 322 Å². The molecule has 94 heavy (non-hydrogen) atoms. The molecule has 3 N–H and O–H groups in total. The van der Waals surface area contributed by atoms with Crippen LogP contribution < -0.4 is 0 Å². The number of hydrogen-bond donors (Lipinski definition) is 3. The van der Waals surface area contributed by atoms with E-state index in [9.17, 15) is 43.2 Å². The lowest BCUT2D eigenvalue weighted by Crippen LogP contribution is -2.30. The van der Waals surface area contributed by atoms with E-state index in [1.54, 1.807) is 0 Å². The third-order valence-corrected chi connectivity index (χ3v) is 18.9. The van der Waals surface area contributed by atoms with E-state index in [2.05, 4.69) is 52.0 Å². The molecule has 5 atom stereocenters. The van der Waals surface area contributed by atoms with Crippen LogP contribution in [0.2, 0.25) is 0 Å². The molecule has 0 aromatic heterocycles. The van der Waals surface area contributed by atoms with Crippen LogP contribution in [0, 0.1) is 0 Å². The maximum atomic E-state index is 13.1. The van der Waals surface area contributed by atoms with E-state index < -0.39 is 97.5 Å². The number of ether oxygens (including phenoxy) is 4. The predicted molar refractivity (Wildman–Crippen MR) is 381 cm³/mol. The molecule has 0 aromatic rings. The van der Waals surface area contributed by atoms with Gasteiger partial charge in [-0.15, -0.1) is 0 Å². The van der Waals surface area contributed by atoms with Crippen LogP contribution in [0.15, 0.2) is 24.3 Å². The molecule has 0 saturated heterocycles. The van der Waals surface area contributed by atoms with E-state index in [0.29, 0.717) is 25.7 Å². The van der Waals surface area contributed by atoms with Gasteiger partial charge in [-0.3, -0.25) is 37.3 Å². The first-order valence-corrected chi connectivity index (χ1v) is 41.6. The lowest BCUT2D eigenvalue weighted by atomic mass is 10.0. The van der Waals surface area contributed by atoms with E-state index in [4.69, 9.17) is 37.0 Å². The van der Waals surface area contributed by atoms with Crippen molar-refractivity contribution in [2.24, 2.45) is 0 Å². The lowest BCUT2D eigenvalue weighted by molar-refractivity contribution is -0.161. The van der Waals surface area contributed by atoms with E-state index in [0.717, 1.165) is 116 Å². The van der Waals surface area contributed by atoms with Crippen LogP contribution in [0.5, 0.6) is 0 Å². The molecule has 17 nitrogen and oxygen atoms in total. The Morgan fingerprint density at radius 3 is 0.777 bits per heavy atom. The van der Waals surface area contributed by atoms with Crippen molar-refractivity contribution < 1.29 is 80.2 Å². The van der Waals surface area contributed by atoms with Crippen molar-refractivity contribution >= 4 is 39.5 Å². The van der Waals surface area contributed by atoms with Crippen LogP contribution in [-0.2, 0) is 65.4 Å². The first-order valence-electron chi connectivity index (χ1n) is 38.6. The number of carbonyl (C=O) groups is 4. The Morgan fingerprint density at radius 2 is 0.511 bits per heavy atom. The summed E-state index contributed by atoms with van der Waals surface area (Å²) < 4.78 is 68.4. The van der Waals surface area contributed by atoms with Gasteiger partial charge in [0.1, 0.15) is 19.3 Å². The molecular formula is C75H142O17P2. The highest BCUT2D eigenvalue weighted by Gasteiger charge is 2.30. The van der Waals surface area contributed by atoms with Crippen LogP contribution in [0.4, 0.5) is 0 Å². The van der Waals surface area contributed by atoms with Gasteiger partial charge in [0, 0.05) is 25.7 Å². The number of esters is 4. The van der Waals surface area contributed by atoms with E-state index >= 15 is 0 Å². The Labute approximate surface area is 573 Å². The number of rotatable bonds is 74. The molecule has 0 aromatic carbocycles. The minimum Gasteiger partial charge on any atom is -0.462 e. The van der Waals surface area contributed by atoms with E-state index in [-0.39, 0.29) is 25.7 Å². The third kappa shape index (κ3) is 68.1. The standard InChI is InChI=1S/C75H142O17P2/c1-5-9-13-17-21-25-28-31-34-35-37-40-43-46-50-54-58-62-75(80)92-71(66-86-73(78)60-56-52-48-44-41-39-36-32-29-26-22-18-14-10-6-2)68-90-94(83,84)88-64-69(76)63-87-93(81,82)89-67-70(65-85-72(77)59-55-51-47-24-20-16-12-8-4)91-74(79)61-57-53-49-45-42-38-33-30-27-23-19-15-11-7-3/h26,29,32,36,69-71,76H,5-25,27-28,30-31,33-35,37-68H2,1-4H3,(H,81,82)(H,83,84)/b29-26-,36-32-/t69-,70+,71+/m0/s1. The highest BCUT2D eigenvalue weighted by atomic mass is 31.2. The molecule has 0 aliphatic rings. The van der Waals surface area contributed by atoms with Crippen LogP contribution in [-0.4, -0.2) is 96.7 Å². The van der Waals surface area contributed by atoms with E-state index in [1.165, 1.54) is 180 Å². The van der Waals surface area contributed by atoms with Crippen LogP contribution >= 0.6 is 15.6 Å². The van der Waals surface area contributed by atoms with Crippen LogP contribution in [0.1, 0.15) is 374 Å². The Balaban J connectivity index is 5.25. The normalized spacial score (nSPS) is 14.1. The second-order valence-corrected chi connectivity index (χ2v) is 29.3. The summed E-state index contributed by atoms with van der Waals surface area (Å²) in [5.74, 6) is -2.15. The molecule has 0 fully saturated rings. The number of phosphoric ester groups is 2. The van der Waals surface area contributed by atoms with Crippen molar-refractivity contribution in [2.75, 3.05) is 39.6 Å². The fraction of sp³-hybridized carbons (Fsp3) is 0.893. The van der Waals surface area contributed by atoms with Crippen molar-refractivity contribution in [3.63, 3.8) is 0 Å². The quantitative estimate of drug-likeness (QED) is 0.0169. The molecule has 554 valence electrons. The summed E-state index contributed by atoms with van der Waals surface area (Å²) >= 11 is 0. The average Bonchev–Trinajstić information content (AvgIpc) is 1.39. The van der Waals surface area contributed by atoms with Gasteiger partial charge in [-0.2, -0.15) is 0 Å². The molecule has 0 spiro atoms. The third-order valence-electron chi connectivity index (χ3n) is 17.0. The Kier molecular flexibility index (Phi) is 67.2. The number of unbranched alkanes of at least 4 members (excludes halogenated alkanes) is 45. The average molecular weight is 1380 g/mol. The molecule has 0 radical (unpaired) electrons. The van der Waals surface area contributed by atoms with Gasteiger partial charge >= 0.3 is 39.5 Å². The first-order chi connectivity index (χ1) is 45.7. The van der Waals surface area contributed by atoms with Crippen molar-refractivity contribution in [1.29, 1.82) is 0 Å². The molecule has 2 unspecified atom stereocenters. The number of aliphatic hydroxyl groups is 1. The molecular weight excluding hydrogens is 1230 g/mol. The molecule has 19 heteroatoms. The number of carbonyl (C=O) groups excluding carboxylic acids is 4. The number of allylic oxidation sites excluding steroid dienone is 4. The maximum Gasteiger partial charge on any atom is 0.472 e. The molecule has 0 heterocycles. The van der Waals surface area contributed by atoms with Gasteiger partial charge in [-0.25, -0.2) is 9.13 Å². The van der Waals surface area contributed by atoms with Crippen molar-refractivity contribution in [3.05, 3.63) is 24.3 Å². The maximum absolute atomic E-state index is 13.1. The molecule has 0 aliphatic heterocycles. The highest BCUT2D eigenvalue weighted by Crippen LogP contribution is 2.45. The topological polar surface area (TPSA) is 237 Å². The fourth-order valence-electron chi connectivity index (χ4n) is 11.0. The SMILES string of the molecule is CCCCCC/C=C\C=C/CCCCCCCC(=O)OC[C@H](COP(=O)(O)OC[C@@H](O)COP(=O)(O)OC[C@@H](COC(=O)CCCCCCCCCC)OC(=O)CCCCCCCCCCCCCCCC)OC(=O)CCCCCCCCCCCCCCCCCCC. The summed E-state index contributed by atoms with van der Waals surface area (Å²) in [7, 11) is -9.92. The smallest absolute Gasteiger partial charge is 0.462 e. The molecule has 0 saturated carbocycles. The van der Waals surface area contributed by atoms with Crippen molar-refractivity contribution in [1.82, 2.24) is 0 Å². The summed E-state index contributed by atoms with van der Waals surface area (Å²) in [6, 6.07) is 0. The van der Waals surface area contributed by atoms with Gasteiger partial charge in [0.25, 0.3) is 0 Å². The molecule has 0 rings (SSSR count). The minimum absolute atomic E-state index is 0.102. The van der Waals surface area contributed by atoms with Gasteiger partial charge in [0.05, 0.1) is 26.4 Å². The first kappa shape index (κ1) is 91.5. The van der Waals surface area contributed by atoms with Crippen LogP contribution in [0.3, 0.4) is 0 Å². The second kappa shape index (κ2) is 69.0. The monoisotopic (exact) mass is 1380 g/mol. The number of phosphoric acid groups is 2. The Bertz CT molecular complexity index is 1880. The summed E-state index contributed by atoms with van der Waals surface area (Å²) in [6.07, 6.45) is 61.8. The zero-order valence-corrected chi connectivity index (χ0v) is 62.2. The number of aliphatic hydroxyl groups excluding tert-OH is 1. The summed E-state index contributed by atoms with van der Waals surface area (Å²) in [5.41, 5.74) is 0. The molecule has 0 bridgehead atoms. The Hall–Kier alpha value is -2.46. The fourth-order valence-corrected chi connectivity index (χ4v) is 12.6. The minimum atomic E-state index is -4.96. The summed E-state index contributed by atoms with van der Waals surface area (Å²) in [4.78, 5) is 72.7. The molecule has 0 aliphatic carbocycles. The predicted octanol–water partition coefficient (Wildman–Crippen LogP) is 21.8. The van der Waals surface area contributed by atoms with Crippen LogP contribution in [0.25, 0.3) is 0 Å². The van der Waals surface area contributed by atoms with E-state index in [1.807, 2.05) is 0 Å². The summed E-state index contributed by atoms with van der Waals surface area (Å²) in [5, 5.41) is 10.6. The zero-order chi connectivity index (χ0) is 69.0. The highest BCUT2D eigenvalue weighted by molar-refractivity contribution is 7.47.